The van der Waals surface area contributed by atoms with Crippen LogP contribution >= 0.6 is 0 Å². The van der Waals surface area contributed by atoms with Crippen LogP contribution in [0.5, 0.6) is 0 Å². The molecule has 0 fully saturated rings. The van der Waals surface area contributed by atoms with Gasteiger partial charge in [-0.1, -0.05) is 42.0 Å². The molecule has 3 aromatic rings. The number of pyridine rings is 1. The molecule has 0 saturated carbocycles. The molecule has 1 aromatic heterocycles. The Bertz CT molecular complexity index is 849. The van der Waals surface area contributed by atoms with Gasteiger partial charge in [0.1, 0.15) is 7.05 Å². The summed E-state index contributed by atoms with van der Waals surface area (Å²) in [5.74, 6) is 0. The van der Waals surface area contributed by atoms with E-state index in [9.17, 15) is 0 Å². The molecule has 1 heterocycles. The molecule has 0 saturated heterocycles. The van der Waals surface area contributed by atoms with Gasteiger partial charge in [0.25, 0.3) is 0 Å². The smallest absolute Gasteiger partial charge is 0.201 e. The minimum Gasteiger partial charge on any atom is -0.201 e. The molecule has 1 nitrogen and oxygen atoms in total. The molecule has 0 aliphatic carbocycles. The number of rotatable bonds is 2. The van der Waals surface area contributed by atoms with Gasteiger partial charge < -0.3 is 0 Å². The lowest BCUT2D eigenvalue weighted by atomic mass is 9.98. The van der Waals surface area contributed by atoms with Crippen LogP contribution in [0.15, 0.2) is 48.7 Å². The van der Waals surface area contributed by atoms with Crippen molar-refractivity contribution in [3.05, 3.63) is 76.5 Å². The van der Waals surface area contributed by atoms with Crippen molar-refractivity contribution in [2.45, 2.75) is 20.8 Å². The van der Waals surface area contributed by atoms with Crippen molar-refractivity contribution in [2.75, 3.05) is 0 Å². The predicted octanol–water partition coefficient (Wildman–Crippen LogP) is 4.76. The summed E-state index contributed by atoms with van der Waals surface area (Å²) in [4.78, 5) is 0. The van der Waals surface area contributed by atoms with Gasteiger partial charge in [-0.3, -0.25) is 0 Å². The third-order valence-electron chi connectivity index (χ3n) is 4.24. The normalized spacial score (nSPS) is 11.5. The summed E-state index contributed by atoms with van der Waals surface area (Å²) in [6.45, 7) is 6.52. The van der Waals surface area contributed by atoms with E-state index in [0.29, 0.717) is 0 Å². The van der Waals surface area contributed by atoms with E-state index in [-0.39, 0.29) is 0 Å². The van der Waals surface area contributed by atoms with Gasteiger partial charge in [-0.25, -0.2) is 4.57 Å². The third kappa shape index (κ3) is 2.67. The fourth-order valence-electron chi connectivity index (χ4n) is 3.16. The Morgan fingerprint density at radius 2 is 1.55 bits per heavy atom. The van der Waals surface area contributed by atoms with Crippen molar-refractivity contribution in [3.8, 4) is 0 Å². The van der Waals surface area contributed by atoms with E-state index in [0.717, 1.165) is 0 Å². The molecule has 0 aliphatic rings. The maximum absolute atomic E-state index is 2.25. The molecule has 3 rings (SSSR count). The summed E-state index contributed by atoms with van der Waals surface area (Å²) in [5.41, 5.74) is 7.82. The van der Waals surface area contributed by atoms with Gasteiger partial charge in [-0.05, 0) is 49.1 Å². The third-order valence-corrected chi connectivity index (χ3v) is 4.24. The van der Waals surface area contributed by atoms with Gasteiger partial charge in [-0.2, -0.15) is 0 Å². The summed E-state index contributed by atoms with van der Waals surface area (Å²) in [7, 11) is 2.09. The van der Waals surface area contributed by atoms with E-state index < -0.39 is 0 Å². The molecular weight excluding hydrogens is 266 g/mol. The molecule has 0 aliphatic heterocycles. The summed E-state index contributed by atoms with van der Waals surface area (Å²) in [6.07, 6.45) is 6.59. The molecule has 0 amide bonds. The Kier molecular flexibility index (Phi) is 3.81. The lowest BCUT2D eigenvalue weighted by Crippen LogP contribution is -2.28. The molecule has 1 heteroatoms. The van der Waals surface area contributed by atoms with E-state index in [4.69, 9.17) is 0 Å². The highest BCUT2D eigenvalue weighted by molar-refractivity contribution is 5.89. The second kappa shape index (κ2) is 5.76. The molecule has 22 heavy (non-hydrogen) atoms. The van der Waals surface area contributed by atoms with Crippen LogP contribution in [-0.4, -0.2) is 0 Å². The molecule has 0 bridgehead atoms. The van der Waals surface area contributed by atoms with Crippen molar-refractivity contribution in [3.63, 3.8) is 0 Å². The average Bonchev–Trinajstić information content (AvgIpc) is 2.48. The van der Waals surface area contributed by atoms with Gasteiger partial charge in [0, 0.05) is 12.1 Å². The average molecular weight is 288 g/mol. The van der Waals surface area contributed by atoms with Gasteiger partial charge >= 0.3 is 0 Å². The van der Waals surface area contributed by atoms with E-state index in [1.165, 1.54) is 38.7 Å². The standard InChI is InChI=1S/C21H22N/c1-15-13-16(2)19(17(3)14-15)10-9-18-11-12-22(4)21-8-6-5-7-20(18)21/h5-14H,1-4H3/q+1/b10-9-. The first-order valence-electron chi connectivity index (χ1n) is 7.69. The molecule has 2 aromatic carbocycles. The minimum atomic E-state index is 1.25. The van der Waals surface area contributed by atoms with E-state index >= 15 is 0 Å². The van der Waals surface area contributed by atoms with Crippen molar-refractivity contribution in [1.82, 2.24) is 0 Å². The van der Waals surface area contributed by atoms with Gasteiger partial charge in [-0.15, -0.1) is 0 Å². The van der Waals surface area contributed by atoms with Crippen LogP contribution < -0.4 is 4.57 Å². The Morgan fingerprint density at radius 1 is 0.864 bits per heavy atom. The van der Waals surface area contributed by atoms with Crippen molar-refractivity contribution >= 4 is 23.1 Å². The zero-order valence-corrected chi connectivity index (χ0v) is 13.7. The topological polar surface area (TPSA) is 3.88 Å². The lowest BCUT2D eigenvalue weighted by molar-refractivity contribution is -0.644. The Labute approximate surface area is 132 Å². The fraction of sp³-hybridized carbons (Fsp3) is 0.190. The number of benzene rings is 2. The van der Waals surface area contributed by atoms with E-state index in [2.05, 4.69) is 93.2 Å². The largest absolute Gasteiger partial charge is 0.212 e. The fourth-order valence-corrected chi connectivity index (χ4v) is 3.16. The maximum Gasteiger partial charge on any atom is 0.212 e. The van der Waals surface area contributed by atoms with Crippen molar-refractivity contribution in [1.29, 1.82) is 0 Å². The SMILES string of the molecule is Cc1cc(C)c(/C=C\c2cc[n+](C)c3ccccc23)c(C)c1. The van der Waals surface area contributed by atoms with Crippen LogP contribution in [0.4, 0.5) is 0 Å². The molecule has 0 radical (unpaired) electrons. The first-order chi connectivity index (χ1) is 10.6. The van der Waals surface area contributed by atoms with E-state index in [1.807, 2.05) is 0 Å². The quantitative estimate of drug-likeness (QED) is 0.599. The number of aryl methyl sites for hydroxylation is 4. The number of fused-ring (bicyclic) bond motifs is 1. The first kappa shape index (κ1) is 14.5. The summed E-state index contributed by atoms with van der Waals surface area (Å²) in [6, 6.07) is 15.2. The number of nitrogens with zero attached hydrogens (tertiary/aromatic N) is 1. The summed E-state index contributed by atoms with van der Waals surface area (Å²) in [5, 5.41) is 1.28. The molecular formula is C21H22N+. The van der Waals surface area contributed by atoms with Crippen LogP contribution in [0.1, 0.15) is 27.8 Å². The van der Waals surface area contributed by atoms with Crippen LogP contribution in [0.3, 0.4) is 0 Å². The Balaban J connectivity index is 2.09. The van der Waals surface area contributed by atoms with Crippen LogP contribution in [-0.2, 0) is 7.05 Å². The molecule has 110 valence electrons. The Morgan fingerprint density at radius 3 is 2.27 bits per heavy atom. The molecule has 0 spiro atoms. The second-order valence-electron chi connectivity index (χ2n) is 6.04. The number of hydrogen-bond acceptors (Lipinski definition) is 0. The minimum absolute atomic E-state index is 1.25. The Hall–Kier alpha value is -2.41. The summed E-state index contributed by atoms with van der Waals surface area (Å²) >= 11 is 0. The highest BCUT2D eigenvalue weighted by atomic mass is 14.9. The van der Waals surface area contributed by atoms with Crippen LogP contribution in [0.2, 0.25) is 0 Å². The monoisotopic (exact) mass is 288 g/mol. The number of aromatic nitrogens is 1. The predicted molar refractivity (Wildman–Crippen MR) is 94.7 cm³/mol. The number of para-hydroxylation sites is 1. The molecule has 0 unspecified atom stereocenters. The van der Waals surface area contributed by atoms with Gasteiger partial charge in [0.05, 0.1) is 5.39 Å². The first-order valence-corrected chi connectivity index (χ1v) is 7.69. The highest BCUT2D eigenvalue weighted by Gasteiger charge is 2.07. The molecule has 0 N–H and O–H groups in total. The lowest BCUT2D eigenvalue weighted by Gasteiger charge is -2.07. The zero-order chi connectivity index (χ0) is 15.7. The van der Waals surface area contributed by atoms with Crippen LogP contribution in [0.25, 0.3) is 23.1 Å². The maximum atomic E-state index is 2.25. The van der Waals surface area contributed by atoms with Crippen LogP contribution in [0, 0.1) is 20.8 Å². The second-order valence-corrected chi connectivity index (χ2v) is 6.04. The van der Waals surface area contributed by atoms with Crippen molar-refractivity contribution < 1.29 is 4.57 Å². The highest BCUT2D eigenvalue weighted by Crippen LogP contribution is 2.21. The molecule has 0 atom stereocenters. The zero-order valence-electron chi connectivity index (χ0n) is 13.7. The van der Waals surface area contributed by atoms with E-state index in [1.54, 1.807) is 0 Å². The van der Waals surface area contributed by atoms with Crippen molar-refractivity contribution in [2.24, 2.45) is 7.05 Å². The van der Waals surface area contributed by atoms with Gasteiger partial charge in [0.2, 0.25) is 5.52 Å². The number of hydrogen-bond donors (Lipinski definition) is 0. The summed E-state index contributed by atoms with van der Waals surface area (Å²) < 4.78 is 2.16. The van der Waals surface area contributed by atoms with Gasteiger partial charge in [0.15, 0.2) is 6.20 Å².